The van der Waals surface area contributed by atoms with Gasteiger partial charge in [0.25, 0.3) is 0 Å². The van der Waals surface area contributed by atoms with Gasteiger partial charge in [0.15, 0.2) is 0 Å². The highest BCUT2D eigenvalue weighted by atomic mass is 32.2. The Morgan fingerprint density at radius 1 is 1.24 bits per heavy atom. The van der Waals surface area contributed by atoms with Crippen LogP contribution in [0.3, 0.4) is 0 Å². The molecular weight excluding hydrogens is 496 g/mol. The molecule has 0 spiro atoms. The Morgan fingerprint density at radius 2 is 2.05 bits per heavy atom. The average molecular weight is 529 g/mol. The van der Waals surface area contributed by atoms with Gasteiger partial charge in [-0.15, -0.1) is 11.8 Å². The first-order valence-electron chi connectivity index (χ1n) is 12.6. The molecule has 0 atom stereocenters. The summed E-state index contributed by atoms with van der Waals surface area (Å²) in [6.07, 6.45) is 7.64. The Hall–Kier alpha value is -3.82. The van der Waals surface area contributed by atoms with E-state index in [0.717, 1.165) is 28.5 Å². The third-order valence-corrected chi connectivity index (χ3v) is 7.44. The van der Waals surface area contributed by atoms with Crippen LogP contribution in [0.1, 0.15) is 18.9 Å². The van der Waals surface area contributed by atoms with Gasteiger partial charge in [-0.2, -0.15) is 0 Å². The lowest BCUT2D eigenvalue weighted by molar-refractivity contribution is -0.111. The molecule has 2 aromatic heterocycles. The molecule has 1 aliphatic rings. The van der Waals surface area contributed by atoms with Crippen LogP contribution in [0.25, 0.3) is 22.2 Å². The Morgan fingerprint density at radius 3 is 2.79 bits per heavy atom. The van der Waals surface area contributed by atoms with Crippen molar-refractivity contribution >= 4 is 45.9 Å². The second kappa shape index (κ2) is 11.3. The van der Waals surface area contributed by atoms with E-state index in [2.05, 4.69) is 62.1 Å². The van der Waals surface area contributed by atoms with Gasteiger partial charge in [0, 0.05) is 52.1 Å². The summed E-state index contributed by atoms with van der Waals surface area (Å²) >= 11 is 1.65. The van der Waals surface area contributed by atoms with E-state index < -0.39 is 0 Å². The van der Waals surface area contributed by atoms with Crippen molar-refractivity contribution in [3.63, 3.8) is 0 Å². The fourth-order valence-electron chi connectivity index (χ4n) is 4.32. The average Bonchev–Trinajstić information content (AvgIpc) is 3.69. The lowest BCUT2D eigenvalue weighted by atomic mass is 10.1. The first-order valence-corrected chi connectivity index (χ1v) is 13.6. The van der Waals surface area contributed by atoms with Crippen LogP contribution in [-0.4, -0.2) is 58.8 Å². The van der Waals surface area contributed by atoms with E-state index in [9.17, 15) is 4.79 Å². The van der Waals surface area contributed by atoms with E-state index in [4.69, 9.17) is 9.72 Å². The van der Waals surface area contributed by atoms with Gasteiger partial charge in [-0.25, -0.2) is 9.97 Å². The Balaban J connectivity index is 1.47. The minimum absolute atomic E-state index is 0.277. The Kier molecular flexibility index (Phi) is 7.67. The Bertz CT molecular complexity index is 1480. The first kappa shape index (κ1) is 25.8. The van der Waals surface area contributed by atoms with Crippen LogP contribution in [0.15, 0.2) is 72.4 Å². The van der Waals surface area contributed by atoms with Crippen LogP contribution in [0.4, 0.5) is 17.3 Å². The highest BCUT2D eigenvalue weighted by Gasteiger charge is 2.26. The number of fused-ring (bicyclic) bond motifs is 1. The van der Waals surface area contributed by atoms with Crippen LogP contribution in [0.2, 0.25) is 0 Å². The normalized spacial score (nSPS) is 13.1. The summed E-state index contributed by atoms with van der Waals surface area (Å²) in [6, 6.07) is 14.7. The number of amides is 1. The fourth-order valence-corrected chi connectivity index (χ4v) is 5.45. The molecular formula is C29H32N6O2S. The number of aromatic nitrogens is 3. The number of carbonyl (C=O) groups excluding carboxylic acids is 1. The van der Waals surface area contributed by atoms with Crippen molar-refractivity contribution in [1.82, 2.24) is 19.4 Å². The van der Waals surface area contributed by atoms with E-state index in [1.807, 2.05) is 32.3 Å². The van der Waals surface area contributed by atoms with Crippen LogP contribution in [0.5, 0.6) is 5.75 Å². The molecule has 0 saturated heterocycles. The molecule has 8 nitrogen and oxygen atoms in total. The van der Waals surface area contributed by atoms with Gasteiger partial charge in [-0.3, -0.25) is 4.79 Å². The van der Waals surface area contributed by atoms with Crippen molar-refractivity contribution in [1.29, 1.82) is 0 Å². The maximum atomic E-state index is 12.2. The van der Waals surface area contributed by atoms with Crippen LogP contribution in [0, 0.1) is 0 Å². The number of para-hydroxylation sites is 1. The van der Waals surface area contributed by atoms with Gasteiger partial charge in [-0.05, 0) is 57.3 Å². The second-order valence-corrected chi connectivity index (χ2v) is 10.6. The molecule has 4 aromatic rings. The van der Waals surface area contributed by atoms with Gasteiger partial charge in [0.05, 0.1) is 24.2 Å². The number of nitrogens with zero attached hydrogens (tertiary/aromatic N) is 4. The van der Waals surface area contributed by atoms with E-state index in [0.29, 0.717) is 29.1 Å². The molecule has 5 rings (SSSR count). The zero-order chi connectivity index (χ0) is 26.6. The number of thioether (sulfide) groups is 1. The number of hydrogen-bond donors (Lipinski definition) is 2. The number of nitrogens with one attached hydrogen (secondary N) is 2. The van der Waals surface area contributed by atoms with Crippen molar-refractivity contribution in [3.8, 4) is 17.0 Å². The lowest BCUT2D eigenvalue weighted by Crippen LogP contribution is -2.15. The van der Waals surface area contributed by atoms with Crippen molar-refractivity contribution in [3.05, 3.63) is 67.5 Å². The Labute approximate surface area is 227 Å². The summed E-state index contributed by atoms with van der Waals surface area (Å²) in [5, 5.41) is 7.41. The topological polar surface area (TPSA) is 84.3 Å². The summed E-state index contributed by atoms with van der Waals surface area (Å²) < 4.78 is 8.07. The summed E-state index contributed by atoms with van der Waals surface area (Å²) in [7, 11) is 5.69. The molecule has 2 aromatic carbocycles. The number of benzene rings is 2. The maximum Gasteiger partial charge on any atom is 0.247 e. The minimum Gasteiger partial charge on any atom is -0.495 e. The van der Waals surface area contributed by atoms with Gasteiger partial charge >= 0.3 is 0 Å². The van der Waals surface area contributed by atoms with Crippen LogP contribution >= 0.6 is 11.8 Å². The molecule has 0 unspecified atom stereocenters. The molecule has 196 valence electrons. The third kappa shape index (κ3) is 5.69. The molecule has 9 heteroatoms. The molecule has 2 heterocycles. The van der Waals surface area contributed by atoms with Crippen molar-refractivity contribution < 1.29 is 9.53 Å². The van der Waals surface area contributed by atoms with E-state index in [1.54, 1.807) is 25.1 Å². The lowest BCUT2D eigenvalue weighted by Gasteiger charge is -2.17. The largest absolute Gasteiger partial charge is 0.495 e. The molecule has 1 aliphatic carbocycles. The summed E-state index contributed by atoms with van der Waals surface area (Å²) in [6.45, 7) is 4.49. The molecule has 0 aliphatic heterocycles. The zero-order valence-electron chi connectivity index (χ0n) is 21.9. The molecule has 0 radical (unpaired) electrons. The minimum atomic E-state index is -0.277. The monoisotopic (exact) mass is 528 g/mol. The van der Waals surface area contributed by atoms with Crippen LogP contribution < -0.4 is 15.4 Å². The number of hydrogen-bond acceptors (Lipinski definition) is 7. The standard InChI is InChI=1S/C29H32N6O2S/c1-5-28(36)31-24-16-23(26(37-4)17-27(24)38-15-14-34(2)3)33-29-30-13-12-22(32-29)21-18-35(19-10-11-19)25-9-7-6-8-20(21)25/h5-9,12-13,16-19H,1,10-11,14-15H2,2-4H3,(H,31,36)(H,30,32,33). The number of ether oxygens (including phenoxy) is 1. The SMILES string of the molecule is C=CC(=O)Nc1cc(Nc2nccc(-c3cn(C4CC4)c4ccccc34)n2)c(OC)cc1SCCN(C)C. The van der Waals surface area contributed by atoms with Crippen molar-refractivity contribution in [2.75, 3.05) is 44.1 Å². The van der Waals surface area contributed by atoms with Crippen molar-refractivity contribution in [2.45, 2.75) is 23.8 Å². The third-order valence-electron chi connectivity index (χ3n) is 6.40. The number of rotatable bonds is 11. The number of carbonyl (C=O) groups is 1. The van der Waals surface area contributed by atoms with E-state index in [-0.39, 0.29) is 5.91 Å². The van der Waals surface area contributed by atoms with Gasteiger partial charge < -0.3 is 24.8 Å². The number of anilines is 3. The molecule has 1 amide bonds. The quantitative estimate of drug-likeness (QED) is 0.183. The zero-order valence-corrected chi connectivity index (χ0v) is 22.7. The molecule has 0 bridgehead atoms. The van der Waals surface area contributed by atoms with Crippen molar-refractivity contribution in [2.24, 2.45) is 0 Å². The molecule has 2 N–H and O–H groups in total. The van der Waals surface area contributed by atoms with Gasteiger partial charge in [0.2, 0.25) is 11.9 Å². The van der Waals surface area contributed by atoms with Gasteiger partial charge in [-0.1, -0.05) is 24.8 Å². The predicted octanol–water partition coefficient (Wildman–Crippen LogP) is 5.96. The fraction of sp³-hybridized carbons (Fsp3) is 0.276. The summed E-state index contributed by atoms with van der Waals surface area (Å²) in [5.41, 5.74) is 4.47. The summed E-state index contributed by atoms with van der Waals surface area (Å²) in [4.78, 5) is 24.5. The van der Waals surface area contributed by atoms with Gasteiger partial charge in [0.1, 0.15) is 5.75 Å². The van der Waals surface area contributed by atoms with E-state index >= 15 is 0 Å². The predicted molar refractivity (Wildman–Crippen MR) is 156 cm³/mol. The molecule has 1 fully saturated rings. The van der Waals surface area contributed by atoms with Crippen LogP contribution in [-0.2, 0) is 4.79 Å². The molecule has 1 saturated carbocycles. The highest BCUT2D eigenvalue weighted by molar-refractivity contribution is 7.99. The van der Waals surface area contributed by atoms with E-state index in [1.165, 1.54) is 29.8 Å². The highest BCUT2D eigenvalue weighted by Crippen LogP contribution is 2.41. The second-order valence-electron chi connectivity index (χ2n) is 9.48. The number of methoxy groups -OCH3 is 1. The smallest absolute Gasteiger partial charge is 0.247 e. The summed E-state index contributed by atoms with van der Waals surface area (Å²) in [5.74, 6) is 1.66. The maximum absolute atomic E-state index is 12.2. The first-order chi connectivity index (χ1) is 18.5. The molecule has 38 heavy (non-hydrogen) atoms.